The summed E-state index contributed by atoms with van der Waals surface area (Å²) < 4.78 is 20.0. The van der Waals surface area contributed by atoms with Crippen molar-refractivity contribution in [3.8, 4) is 0 Å². The molecule has 1 aromatic carbocycles. The highest BCUT2D eigenvalue weighted by Crippen LogP contribution is 2.31. The zero-order chi connectivity index (χ0) is 17.7. The van der Waals surface area contributed by atoms with Gasteiger partial charge in [-0.15, -0.1) is 0 Å². The number of amides is 1. The minimum absolute atomic E-state index is 0.0173. The Kier molecular flexibility index (Phi) is 7.02. The molecule has 1 saturated heterocycles. The summed E-state index contributed by atoms with van der Waals surface area (Å²) in [4.78, 5) is 14.3. The molecular weight excluding hydrogens is 331 g/mol. The molecule has 0 spiro atoms. The fourth-order valence-corrected chi connectivity index (χ4v) is 3.22. The first kappa shape index (κ1) is 19.2. The number of hydrogen-bond donors (Lipinski definition) is 1. The summed E-state index contributed by atoms with van der Waals surface area (Å²) >= 11 is 6.27. The third-order valence-electron chi connectivity index (χ3n) is 4.58. The lowest BCUT2D eigenvalue weighted by Gasteiger charge is -2.38. The summed E-state index contributed by atoms with van der Waals surface area (Å²) in [7, 11) is 0. The smallest absolute Gasteiger partial charge is 0.222 e. The average Bonchev–Trinajstić information content (AvgIpc) is 2.56. The molecule has 0 bridgehead atoms. The molecule has 0 radical (unpaired) electrons. The maximum Gasteiger partial charge on any atom is 0.222 e. The van der Waals surface area contributed by atoms with Gasteiger partial charge in [-0.1, -0.05) is 31.5 Å². The highest BCUT2D eigenvalue weighted by molar-refractivity contribution is 6.31. The molecule has 1 amide bonds. The minimum Gasteiger partial charge on any atom is -0.376 e. The second-order valence-electron chi connectivity index (χ2n) is 6.38. The topological polar surface area (TPSA) is 41.6 Å². The number of benzene rings is 1. The van der Waals surface area contributed by atoms with E-state index < -0.39 is 0 Å². The van der Waals surface area contributed by atoms with Crippen molar-refractivity contribution in [2.24, 2.45) is 5.92 Å². The Hall–Kier alpha value is -1.17. The van der Waals surface area contributed by atoms with Crippen LogP contribution in [-0.2, 0) is 9.53 Å². The van der Waals surface area contributed by atoms with Crippen LogP contribution in [0.5, 0.6) is 0 Å². The Balaban J connectivity index is 2.23. The Labute approximate surface area is 148 Å². The van der Waals surface area contributed by atoms with Gasteiger partial charge in [0.2, 0.25) is 5.91 Å². The van der Waals surface area contributed by atoms with Gasteiger partial charge in [0.1, 0.15) is 5.82 Å². The van der Waals surface area contributed by atoms with E-state index >= 15 is 0 Å². The number of ether oxygens (including phenoxy) is 1. The molecule has 1 heterocycles. The van der Waals surface area contributed by atoms with Gasteiger partial charge < -0.3 is 10.1 Å². The van der Waals surface area contributed by atoms with Crippen LogP contribution in [0.3, 0.4) is 0 Å². The standard InChI is InChI=1S/C18H26ClFN2O2/c1-4-12(2)18(23)21-10-16(22-8-9-24-13(3)11-22)17-14(19)6-5-7-15(17)20/h5-7,12-13,16H,4,8-11H2,1-3H3,(H,21,23)/t12-,13+,16-/m0/s1. The van der Waals surface area contributed by atoms with Crippen LogP contribution in [-0.4, -0.2) is 43.2 Å². The summed E-state index contributed by atoms with van der Waals surface area (Å²) in [5.74, 6) is -0.425. The number of nitrogens with one attached hydrogen (secondary N) is 1. The molecule has 24 heavy (non-hydrogen) atoms. The molecule has 1 aliphatic rings. The fourth-order valence-electron chi connectivity index (χ4n) is 2.93. The third-order valence-corrected chi connectivity index (χ3v) is 4.91. The number of carbonyl (C=O) groups excluding carboxylic acids is 1. The lowest BCUT2D eigenvalue weighted by atomic mass is 10.0. The molecule has 0 aromatic heterocycles. The zero-order valence-corrected chi connectivity index (χ0v) is 15.3. The van der Waals surface area contributed by atoms with Gasteiger partial charge in [0.25, 0.3) is 0 Å². The molecule has 2 rings (SSSR count). The Morgan fingerprint density at radius 2 is 2.29 bits per heavy atom. The summed E-state index contributed by atoms with van der Waals surface area (Å²) in [6.07, 6.45) is 0.836. The van der Waals surface area contributed by atoms with Gasteiger partial charge in [0.15, 0.2) is 0 Å². The minimum atomic E-state index is -0.343. The van der Waals surface area contributed by atoms with Crippen molar-refractivity contribution in [1.29, 1.82) is 0 Å². The van der Waals surface area contributed by atoms with Crippen LogP contribution in [0.25, 0.3) is 0 Å². The van der Waals surface area contributed by atoms with Crippen LogP contribution in [0.1, 0.15) is 38.8 Å². The Bertz CT molecular complexity index is 550. The SMILES string of the molecule is CC[C@H](C)C(=O)NC[C@@H](c1c(F)cccc1Cl)N1CCO[C@H](C)C1. The van der Waals surface area contributed by atoms with E-state index in [9.17, 15) is 9.18 Å². The molecule has 1 fully saturated rings. The van der Waals surface area contributed by atoms with E-state index in [1.165, 1.54) is 6.07 Å². The predicted octanol–water partition coefficient (Wildman–Crippen LogP) is 3.40. The summed E-state index contributed by atoms with van der Waals surface area (Å²) in [6, 6.07) is 4.39. The van der Waals surface area contributed by atoms with Gasteiger partial charge in [0, 0.05) is 36.1 Å². The van der Waals surface area contributed by atoms with Crippen LogP contribution in [0.4, 0.5) is 4.39 Å². The number of morpholine rings is 1. The molecule has 0 saturated carbocycles. The van der Waals surface area contributed by atoms with Gasteiger partial charge in [-0.05, 0) is 25.5 Å². The van der Waals surface area contributed by atoms with Crippen molar-refractivity contribution < 1.29 is 13.9 Å². The molecule has 1 N–H and O–H groups in total. The first-order chi connectivity index (χ1) is 11.4. The van der Waals surface area contributed by atoms with Gasteiger partial charge in [-0.3, -0.25) is 9.69 Å². The van der Waals surface area contributed by atoms with Crippen LogP contribution in [0.15, 0.2) is 18.2 Å². The molecule has 0 unspecified atom stereocenters. The van der Waals surface area contributed by atoms with Crippen LogP contribution in [0, 0.1) is 11.7 Å². The van der Waals surface area contributed by atoms with Gasteiger partial charge in [-0.25, -0.2) is 4.39 Å². The molecule has 134 valence electrons. The molecule has 3 atom stereocenters. The Morgan fingerprint density at radius 1 is 1.54 bits per heavy atom. The predicted molar refractivity (Wildman–Crippen MR) is 93.6 cm³/mol. The average molecular weight is 357 g/mol. The zero-order valence-electron chi connectivity index (χ0n) is 14.5. The van der Waals surface area contributed by atoms with Crippen molar-refractivity contribution in [2.75, 3.05) is 26.2 Å². The molecule has 1 aliphatic heterocycles. The number of hydrogen-bond acceptors (Lipinski definition) is 3. The molecule has 0 aliphatic carbocycles. The van der Waals surface area contributed by atoms with Crippen molar-refractivity contribution in [1.82, 2.24) is 10.2 Å². The number of halogens is 2. The molecular formula is C18H26ClFN2O2. The van der Waals surface area contributed by atoms with Crippen molar-refractivity contribution >= 4 is 17.5 Å². The maximum atomic E-state index is 14.4. The molecule has 4 nitrogen and oxygen atoms in total. The van der Waals surface area contributed by atoms with E-state index in [2.05, 4.69) is 10.2 Å². The number of nitrogens with zero attached hydrogens (tertiary/aromatic N) is 1. The largest absolute Gasteiger partial charge is 0.376 e. The van der Waals surface area contributed by atoms with Gasteiger partial charge >= 0.3 is 0 Å². The maximum absolute atomic E-state index is 14.4. The van der Waals surface area contributed by atoms with Crippen molar-refractivity contribution in [3.63, 3.8) is 0 Å². The first-order valence-electron chi connectivity index (χ1n) is 8.51. The second kappa shape index (κ2) is 8.79. The van der Waals surface area contributed by atoms with E-state index in [-0.39, 0.29) is 29.8 Å². The highest BCUT2D eigenvalue weighted by atomic mass is 35.5. The first-order valence-corrected chi connectivity index (χ1v) is 8.89. The van der Waals surface area contributed by atoms with Gasteiger partial charge in [-0.2, -0.15) is 0 Å². The van der Waals surface area contributed by atoms with E-state index in [1.807, 2.05) is 20.8 Å². The lowest BCUT2D eigenvalue weighted by molar-refractivity contribution is -0.125. The quantitative estimate of drug-likeness (QED) is 0.849. The van der Waals surface area contributed by atoms with E-state index in [0.717, 1.165) is 6.42 Å². The van der Waals surface area contributed by atoms with E-state index in [0.29, 0.717) is 36.8 Å². The second-order valence-corrected chi connectivity index (χ2v) is 6.79. The Morgan fingerprint density at radius 3 is 2.92 bits per heavy atom. The fraction of sp³-hybridized carbons (Fsp3) is 0.611. The number of rotatable bonds is 6. The monoisotopic (exact) mass is 356 g/mol. The van der Waals surface area contributed by atoms with Gasteiger partial charge in [0.05, 0.1) is 18.8 Å². The van der Waals surface area contributed by atoms with Crippen molar-refractivity contribution in [3.05, 3.63) is 34.6 Å². The third kappa shape index (κ3) is 4.68. The summed E-state index contributed by atoms with van der Waals surface area (Å²) in [5.41, 5.74) is 0.442. The van der Waals surface area contributed by atoms with Crippen LogP contribution in [0.2, 0.25) is 5.02 Å². The van der Waals surface area contributed by atoms with E-state index in [4.69, 9.17) is 16.3 Å². The van der Waals surface area contributed by atoms with Crippen LogP contribution >= 0.6 is 11.6 Å². The highest BCUT2D eigenvalue weighted by Gasteiger charge is 2.29. The van der Waals surface area contributed by atoms with Crippen LogP contribution < -0.4 is 5.32 Å². The van der Waals surface area contributed by atoms with Crippen molar-refractivity contribution in [2.45, 2.75) is 39.3 Å². The molecule has 1 aromatic rings. The molecule has 6 heteroatoms. The summed E-state index contributed by atoms with van der Waals surface area (Å²) in [5, 5.41) is 3.34. The van der Waals surface area contributed by atoms with E-state index in [1.54, 1.807) is 12.1 Å². The normalized spacial score (nSPS) is 21.3. The number of carbonyl (C=O) groups is 1. The summed E-state index contributed by atoms with van der Waals surface area (Å²) in [6.45, 7) is 8.12. The lowest BCUT2D eigenvalue weighted by Crippen LogP contribution is -2.47.